The molecule has 1 aliphatic rings. The first kappa shape index (κ1) is 23.4. The molecule has 178 valence electrons. The second-order valence-electron chi connectivity index (χ2n) is 8.16. The first-order chi connectivity index (χ1) is 16.4. The molecule has 0 aliphatic carbocycles. The number of carbonyl (C=O) groups is 2. The molecular weight excluding hydrogens is 442 g/mol. The molecule has 9 heteroatoms. The third-order valence-corrected chi connectivity index (χ3v) is 5.91. The van der Waals surface area contributed by atoms with Gasteiger partial charge in [-0.1, -0.05) is 6.07 Å². The quantitative estimate of drug-likeness (QED) is 0.542. The van der Waals surface area contributed by atoms with Crippen molar-refractivity contribution in [3.8, 4) is 0 Å². The Hall–Kier alpha value is -3.72. The van der Waals surface area contributed by atoms with Gasteiger partial charge in [0.2, 0.25) is 0 Å². The minimum atomic E-state index is -0.873. The van der Waals surface area contributed by atoms with Crippen molar-refractivity contribution in [3.05, 3.63) is 83.8 Å². The summed E-state index contributed by atoms with van der Waals surface area (Å²) < 4.78 is 32.5. The molecule has 4 rings (SSSR count). The van der Waals surface area contributed by atoms with Gasteiger partial charge in [0.25, 0.3) is 0 Å². The highest BCUT2D eigenvalue weighted by Gasteiger charge is 2.28. The Morgan fingerprint density at radius 2 is 1.74 bits per heavy atom. The number of hydrogen-bond acceptors (Lipinski definition) is 5. The molecular formula is C25H26F2N4O3. The van der Waals surface area contributed by atoms with Crippen LogP contribution < -0.4 is 15.5 Å². The van der Waals surface area contributed by atoms with Crippen molar-refractivity contribution in [1.82, 2.24) is 10.2 Å². The highest BCUT2D eigenvalue weighted by atomic mass is 19.1. The zero-order chi connectivity index (χ0) is 24.1. The van der Waals surface area contributed by atoms with E-state index in [0.717, 1.165) is 18.8 Å². The first-order valence-corrected chi connectivity index (χ1v) is 11.0. The molecule has 3 aromatic rings. The molecule has 2 heterocycles. The molecule has 1 saturated heterocycles. The van der Waals surface area contributed by atoms with Gasteiger partial charge in [-0.25, -0.2) is 8.78 Å². The molecule has 0 bridgehead atoms. The smallest absolute Gasteiger partial charge is 0.313 e. The molecule has 0 spiro atoms. The number of anilines is 2. The monoisotopic (exact) mass is 468 g/mol. The second-order valence-corrected chi connectivity index (χ2v) is 8.16. The van der Waals surface area contributed by atoms with Gasteiger partial charge >= 0.3 is 11.8 Å². The lowest BCUT2D eigenvalue weighted by Gasteiger charge is -2.39. The van der Waals surface area contributed by atoms with Gasteiger partial charge < -0.3 is 20.0 Å². The topological polar surface area (TPSA) is 77.8 Å². The summed E-state index contributed by atoms with van der Waals surface area (Å²) in [6.45, 7) is 4.59. The van der Waals surface area contributed by atoms with E-state index in [2.05, 4.69) is 20.4 Å². The van der Waals surface area contributed by atoms with E-state index in [4.69, 9.17) is 4.42 Å². The Labute approximate surface area is 196 Å². The number of aryl methyl sites for hydroxylation is 1. The summed E-state index contributed by atoms with van der Waals surface area (Å²) in [4.78, 5) is 29.0. The molecule has 1 fully saturated rings. The fraction of sp³-hybridized carbons (Fsp3) is 0.280. The summed E-state index contributed by atoms with van der Waals surface area (Å²) in [7, 11) is 0. The second kappa shape index (κ2) is 10.5. The van der Waals surface area contributed by atoms with Gasteiger partial charge in [-0.2, -0.15) is 0 Å². The fourth-order valence-corrected chi connectivity index (χ4v) is 3.96. The number of piperazine rings is 1. The van der Waals surface area contributed by atoms with Crippen LogP contribution in [0.25, 0.3) is 0 Å². The van der Waals surface area contributed by atoms with Crippen molar-refractivity contribution in [2.75, 3.05) is 42.9 Å². The number of furan rings is 1. The average Bonchev–Trinajstić information content (AvgIpc) is 3.37. The van der Waals surface area contributed by atoms with Crippen LogP contribution in [0.3, 0.4) is 0 Å². The third kappa shape index (κ3) is 5.60. The molecule has 1 aliphatic heterocycles. The normalized spacial score (nSPS) is 15.1. The van der Waals surface area contributed by atoms with Gasteiger partial charge in [0, 0.05) is 44.1 Å². The van der Waals surface area contributed by atoms with Crippen LogP contribution in [0, 0.1) is 18.6 Å². The van der Waals surface area contributed by atoms with E-state index < -0.39 is 17.6 Å². The van der Waals surface area contributed by atoms with Gasteiger partial charge in [0.1, 0.15) is 17.4 Å². The standard InChI is InChI=1S/C25H26F2N4O3/c1-17-4-7-19(15-21(17)27)29-25(33)24(32)28-16-22(23-3-2-14-34-23)31-12-10-30(11-13-31)20-8-5-18(26)6-9-20/h2-9,14-15,22H,10-13,16H2,1H3,(H,28,32)(H,29,33). The van der Waals surface area contributed by atoms with Crippen molar-refractivity contribution in [2.24, 2.45) is 0 Å². The van der Waals surface area contributed by atoms with Crippen molar-refractivity contribution in [1.29, 1.82) is 0 Å². The molecule has 34 heavy (non-hydrogen) atoms. The van der Waals surface area contributed by atoms with Gasteiger partial charge in [0.15, 0.2) is 0 Å². The molecule has 2 N–H and O–H groups in total. The minimum absolute atomic E-state index is 0.165. The molecule has 0 radical (unpaired) electrons. The highest BCUT2D eigenvalue weighted by molar-refractivity contribution is 6.39. The van der Waals surface area contributed by atoms with Crippen LogP contribution in [-0.4, -0.2) is 49.4 Å². The highest BCUT2D eigenvalue weighted by Crippen LogP contribution is 2.24. The number of hydrogen-bond donors (Lipinski definition) is 2. The first-order valence-electron chi connectivity index (χ1n) is 11.0. The van der Waals surface area contributed by atoms with E-state index in [9.17, 15) is 18.4 Å². The number of amides is 2. The van der Waals surface area contributed by atoms with Crippen LogP contribution in [0.4, 0.5) is 20.2 Å². The Morgan fingerprint density at radius 3 is 2.38 bits per heavy atom. The van der Waals surface area contributed by atoms with E-state index in [1.807, 2.05) is 6.07 Å². The molecule has 2 amide bonds. The summed E-state index contributed by atoms with van der Waals surface area (Å²) in [6, 6.07) is 14.0. The molecule has 0 saturated carbocycles. The predicted octanol–water partition coefficient (Wildman–Crippen LogP) is 3.48. The summed E-state index contributed by atoms with van der Waals surface area (Å²) in [5.41, 5.74) is 1.61. The molecule has 1 atom stereocenters. The van der Waals surface area contributed by atoms with Gasteiger partial charge in [0.05, 0.1) is 12.3 Å². The molecule has 7 nitrogen and oxygen atoms in total. The molecule has 1 unspecified atom stereocenters. The predicted molar refractivity (Wildman–Crippen MR) is 124 cm³/mol. The zero-order valence-electron chi connectivity index (χ0n) is 18.8. The third-order valence-electron chi connectivity index (χ3n) is 5.91. The lowest BCUT2D eigenvalue weighted by molar-refractivity contribution is -0.136. The van der Waals surface area contributed by atoms with Crippen LogP contribution in [0.15, 0.2) is 65.3 Å². The maximum Gasteiger partial charge on any atom is 0.313 e. The number of carbonyl (C=O) groups excluding carboxylic acids is 2. The van der Waals surface area contributed by atoms with Gasteiger partial charge in [-0.05, 0) is 61.0 Å². The molecule has 1 aromatic heterocycles. The Morgan fingerprint density at radius 1 is 1.00 bits per heavy atom. The van der Waals surface area contributed by atoms with E-state index in [0.29, 0.717) is 24.4 Å². The van der Waals surface area contributed by atoms with Crippen LogP contribution in [0.2, 0.25) is 0 Å². The summed E-state index contributed by atoms with van der Waals surface area (Å²) in [6.07, 6.45) is 1.57. The average molecular weight is 469 g/mol. The fourth-order valence-electron chi connectivity index (χ4n) is 3.96. The Bertz CT molecular complexity index is 1130. The molecule has 2 aromatic carbocycles. The lowest BCUT2D eigenvalue weighted by Crippen LogP contribution is -2.50. The maximum atomic E-state index is 13.7. The Kier molecular flexibility index (Phi) is 7.22. The van der Waals surface area contributed by atoms with Crippen molar-refractivity contribution < 1.29 is 22.8 Å². The van der Waals surface area contributed by atoms with Crippen molar-refractivity contribution in [2.45, 2.75) is 13.0 Å². The zero-order valence-corrected chi connectivity index (χ0v) is 18.8. The van der Waals surface area contributed by atoms with Gasteiger partial charge in [-0.3, -0.25) is 14.5 Å². The Balaban J connectivity index is 1.35. The SMILES string of the molecule is Cc1ccc(NC(=O)C(=O)NCC(c2ccco2)N2CCN(c3ccc(F)cc3)CC2)cc1F. The van der Waals surface area contributed by atoms with E-state index in [-0.39, 0.29) is 24.1 Å². The van der Waals surface area contributed by atoms with Crippen LogP contribution in [0.5, 0.6) is 0 Å². The largest absolute Gasteiger partial charge is 0.468 e. The number of benzene rings is 2. The lowest BCUT2D eigenvalue weighted by atomic mass is 10.1. The maximum absolute atomic E-state index is 13.7. The summed E-state index contributed by atoms with van der Waals surface area (Å²) >= 11 is 0. The number of nitrogens with zero attached hydrogens (tertiary/aromatic N) is 2. The van der Waals surface area contributed by atoms with E-state index >= 15 is 0 Å². The van der Waals surface area contributed by atoms with Crippen LogP contribution >= 0.6 is 0 Å². The van der Waals surface area contributed by atoms with Gasteiger partial charge in [-0.15, -0.1) is 0 Å². The number of nitrogens with one attached hydrogen (secondary N) is 2. The van der Waals surface area contributed by atoms with Crippen LogP contribution in [-0.2, 0) is 9.59 Å². The van der Waals surface area contributed by atoms with Crippen LogP contribution in [0.1, 0.15) is 17.4 Å². The minimum Gasteiger partial charge on any atom is -0.468 e. The number of halogens is 2. The number of rotatable bonds is 6. The van der Waals surface area contributed by atoms with E-state index in [1.165, 1.54) is 30.3 Å². The van der Waals surface area contributed by atoms with E-state index in [1.54, 1.807) is 31.4 Å². The van der Waals surface area contributed by atoms with Crippen molar-refractivity contribution in [3.63, 3.8) is 0 Å². The summed E-state index contributed by atoms with van der Waals surface area (Å²) in [5, 5.41) is 5.08. The summed E-state index contributed by atoms with van der Waals surface area (Å²) in [5.74, 6) is -1.75. The van der Waals surface area contributed by atoms with Crippen molar-refractivity contribution >= 4 is 23.2 Å².